The first kappa shape index (κ1) is 47.4. The zero-order chi connectivity index (χ0) is 41.5. The molecule has 2 rings (SSSR count). The number of carbonyl (C=O) groups is 1. The maximum Gasteiger partial charge on any atom is 0.187 e. The van der Waals surface area contributed by atoms with Gasteiger partial charge in [0.05, 0.1) is 12.2 Å². The first-order valence-corrected chi connectivity index (χ1v) is 18.7. The largest absolute Gasteiger partial charge is 0.394 e. The van der Waals surface area contributed by atoms with Crippen molar-refractivity contribution < 1.29 is 44.9 Å². The van der Waals surface area contributed by atoms with E-state index < -0.39 is 55.1 Å². The minimum absolute atomic E-state index is 0.187. The lowest BCUT2D eigenvalue weighted by Gasteiger charge is -2.43. The van der Waals surface area contributed by atoms with Gasteiger partial charge in [0.2, 0.25) is 0 Å². The van der Waals surface area contributed by atoms with Crippen molar-refractivity contribution in [3.8, 4) is 0 Å². The predicted molar refractivity (Wildman–Crippen MR) is 221 cm³/mol. The van der Waals surface area contributed by atoms with Gasteiger partial charge in [-0.1, -0.05) is 145 Å². The van der Waals surface area contributed by atoms with Crippen LogP contribution in [0.25, 0.3) is 0 Å². The van der Waals surface area contributed by atoms with Crippen molar-refractivity contribution in [1.29, 1.82) is 0 Å². The molecule has 302 valence electrons. The van der Waals surface area contributed by atoms with E-state index in [4.69, 9.17) is 9.47 Å². The van der Waals surface area contributed by atoms with Crippen molar-refractivity contribution in [2.45, 2.75) is 124 Å². The normalized spacial score (nSPS) is 27.8. The summed E-state index contributed by atoms with van der Waals surface area (Å²) < 4.78 is 11.2. The second kappa shape index (κ2) is 22.1. The van der Waals surface area contributed by atoms with Gasteiger partial charge in [-0.05, 0) is 78.4 Å². The molecule has 0 saturated carbocycles. The topological polar surface area (TPSA) is 157 Å². The second-order valence-electron chi connectivity index (χ2n) is 15.6. The Bertz CT molecular complexity index is 1680. The van der Waals surface area contributed by atoms with Crippen LogP contribution in [0.3, 0.4) is 0 Å². The Morgan fingerprint density at radius 1 is 0.764 bits per heavy atom. The highest BCUT2D eigenvalue weighted by Gasteiger charge is 2.46. The van der Waals surface area contributed by atoms with Gasteiger partial charge < -0.3 is 40.1 Å². The average molecular weight is 761 g/mol. The highest BCUT2D eigenvalue weighted by atomic mass is 16.7. The van der Waals surface area contributed by atoms with Crippen LogP contribution in [0.2, 0.25) is 0 Å². The summed E-state index contributed by atoms with van der Waals surface area (Å²) in [7, 11) is 0. The monoisotopic (exact) mass is 760 g/mol. The smallest absolute Gasteiger partial charge is 0.187 e. The Kier molecular flexibility index (Phi) is 19.0. The van der Waals surface area contributed by atoms with E-state index in [1.54, 1.807) is 32.9 Å². The number of hydrogen-bond acceptors (Lipinski definition) is 9. The van der Waals surface area contributed by atoms with Gasteiger partial charge in [0, 0.05) is 0 Å². The van der Waals surface area contributed by atoms with Crippen molar-refractivity contribution in [1.82, 2.24) is 0 Å². The SMILES string of the molecule is CC1=C(/C=C/C(C)=C/C=C/C(C)=C/C=C/C=C(C)/C=C/C=C(C)/C=C/C=C(C)/C=C/[C@H](O)C(C)(C)O[C@H]2O[C@@H](CO)[C@H](O)[C@@H](O)[C@H]2O)C(C)(C)C[C@@H](O)C1=O. The number of hydrogen-bond donors (Lipinski definition) is 6. The molecule has 2 aliphatic rings. The van der Waals surface area contributed by atoms with Crippen molar-refractivity contribution in [3.63, 3.8) is 0 Å². The number of rotatable bonds is 16. The molecule has 1 aliphatic heterocycles. The van der Waals surface area contributed by atoms with Crippen molar-refractivity contribution in [2.75, 3.05) is 6.61 Å². The highest BCUT2D eigenvalue weighted by Crippen LogP contribution is 2.39. The summed E-state index contributed by atoms with van der Waals surface area (Å²) in [5.74, 6) is -0.187. The molecular formula is C46H64O9. The Morgan fingerprint density at radius 3 is 1.71 bits per heavy atom. The maximum atomic E-state index is 12.3. The highest BCUT2D eigenvalue weighted by molar-refractivity contribution is 6.00. The molecule has 0 aromatic carbocycles. The molecule has 1 fully saturated rings. The van der Waals surface area contributed by atoms with Crippen molar-refractivity contribution in [3.05, 3.63) is 142 Å². The van der Waals surface area contributed by atoms with E-state index in [9.17, 15) is 35.4 Å². The van der Waals surface area contributed by atoms with Crippen LogP contribution in [-0.2, 0) is 14.3 Å². The number of ketones is 1. The van der Waals surface area contributed by atoms with Gasteiger partial charge in [-0.2, -0.15) is 0 Å². The number of aliphatic hydroxyl groups is 6. The third-order valence-electron chi connectivity index (χ3n) is 9.53. The molecule has 1 aliphatic carbocycles. The number of Topliss-reactive ketones (excluding diaryl/α,β-unsaturated/α-hetero) is 1. The first-order valence-electron chi connectivity index (χ1n) is 18.7. The van der Waals surface area contributed by atoms with Gasteiger partial charge in [-0.15, -0.1) is 0 Å². The van der Waals surface area contributed by atoms with E-state index in [1.165, 1.54) is 0 Å². The van der Waals surface area contributed by atoms with E-state index in [-0.39, 0.29) is 11.2 Å². The molecule has 55 heavy (non-hydrogen) atoms. The molecule has 9 nitrogen and oxygen atoms in total. The quantitative estimate of drug-likeness (QED) is 0.0945. The summed E-state index contributed by atoms with van der Waals surface area (Å²) >= 11 is 0. The molecule has 0 amide bonds. The molecule has 0 aromatic heterocycles. The molecule has 0 bridgehead atoms. The van der Waals surface area contributed by atoms with E-state index in [0.717, 1.165) is 33.4 Å². The molecule has 0 spiro atoms. The molecule has 9 heteroatoms. The lowest BCUT2D eigenvalue weighted by atomic mass is 9.71. The predicted octanol–water partition coefficient (Wildman–Crippen LogP) is 6.69. The summed E-state index contributed by atoms with van der Waals surface area (Å²) in [4.78, 5) is 12.3. The second-order valence-corrected chi connectivity index (χ2v) is 15.6. The number of aliphatic hydroxyl groups excluding tert-OH is 6. The summed E-state index contributed by atoms with van der Waals surface area (Å²) in [6.07, 6.45) is 24.6. The molecule has 0 radical (unpaired) electrons. The van der Waals surface area contributed by atoms with Crippen LogP contribution in [0.1, 0.15) is 75.7 Å². The van der Waals surface area contributed by atoms with Gasteiger partial charge in [-0.25, -0.2) is 0 Å². The fourth-order valence-electron chi connectivity index (χ4n) is 5.90. The number of allylic oxidation sites excluding steroid dienone is 22. The Hall–Kier alpha value is -3.77. The zero-order valence-corrected chi connectivity index (χ0v) is 34.2. The van der Waals surface area contributed by atoms with E-state index in [2.05, 4.69) is 13.8 Å². The molecular weight excluding hydrogens is 696 g/mol. The zero-order valence-electron chi connectivity index (χ0n) is 34.2. The maximum absolute atomic E-state index is 12.3. The summed E-state index contributed by atoms with van der Waals surface area (Å²) in [6, 6.07) is 0. The minimum Gasteiger partial charge on any atom is -0.394 e. The lowest BCUT2D eigenvalue weighted by molar-refractivity contribution is -0.329. The fourth-order valence-corrected chi connectivity index (χ4v) is 5.90. The van der Waals surface area contributed by atoms with E-state index >= 15 is 0 Å². The summed E-state index contributed by atoms with van der Waals surface area (Å²) in [5, 5.41) is 60.5. The van der Waals surface area contributed by atoms with Crippen LogP contribution in [0.4, 0.5) is 0 Å². The van der Waals surface area contributed by atoms with E-state index in [0.29, 0.717) is 12.0 Å². The van der Waals surface area contributed by atoms with Gasteiger partial charge in [-0.3, -0.25) is 4.79 Å². The number of carbonyl (C=O) groups excluding carboxylic acids is 1. The minimum atomic E-state index is -1.57. The standard InChI is InChI=1S/C46H64O9/c1-30(16-11-12-17-31(2)19-14-22-33(4)24-26-36-35(6)40(50)37(48)28-45(36,7)8)18-13-20-32(3)21-15-23-34(5)25-27-39(49)46(9,10)55-44-43(53)42(52)41(51)38(29-47)54-44/h11-27,37-39,41-44,47-49,51-53H,28-29H2,1-10H3/b12-11+,18-13+,19-14+,21-15+,26-24+,27-25+,30-16+,31-17+,32-20+,33-22+,34-23+/t37-,38+,39+,41+,42-,43-,44-/m1/s1. The van der Waals surface area contributed by atoms with Gasteiger partial charge >= 0.3 is 0 Å². The van der Waals surface area contributed by atoms with Crippen molar-refractivity contribution >= 4 is 5.78 Å². The third-order valence-corrected chi connectivity index (χ3v) is 9.53. The fraction of sp³-hybridized carbons (Fsp3) is 0.457. The molecule has 1 saturated heterocycles. The molecule has 0 unspecified atom stereocenters. The van der Waals surface area contributed by atoms with Gasteiger partial charge in [0.15, 0.2) is 12.1 Å². The van der Waals surface area contributed by atoms with Crippen LogP contribution < -0.4 is 0 Å². The van der Waals surface area contributed by atoms with Gasteiger partial charge in [0.1, 0.15) is 36.6 Å². The Morgan fingerprint density at radius 2 is 1.22 bits per heavy atom. The number of ether oxygens (including phenoxy) is 2. The molecule has 0 aromatic rings. The summed E-state index contributed by atoms with van der Waals surface area (Å²) in [6.45, 7) is 18.5. The van der Waals surface area contributed by atoms with Crippen LogP contribution in [0.15, 0.2) is 142 Å². The van der Waals surface area contributed by atoms with Gasteiger partial charge in [0.25, 0.3) is 0 Å². The van der Waals surface area contributed by atoms with E-state index in [1.807, 2.05) is 126 Å². The average Bonchev–Trinajstić information content (AvgIpc) is 3.11. The van der Waals surface area contributed by atoms with Crippen molar-refractivity contribution in [2.24, 2.45) is 5.41 Å². The molecule has 7 atom stereocenters. The Balaban J connectivity index is 1.87. The Labute approximate surface area is 328 Å². The third kappa shape index (κ3) is 15.4. The van der Waals surface area contributed by atoms with Crippen LogP contribution >= 0.6 is 0 Å². The molecule has 1 heterocycles. The first-order chi connectivity index (χ1) is 25.7. The van der Waals surface area contributed by atoms with Crippen LogP contribution in [0.5, 0.6) is 0 Å². The lowest BCUT2D eigenvalue weighted by Crippen LogP contribution is -2.61. The molecule has 6 N–H and O–H groups in total. The van der Waals surface area contributed by atoms with Crippen LogP contribution in [0, 0.1) is 5.41 Å². The van der Waals surface area contributed by atoms with Crippen LogP contribution in [-0.4, -0.2) is 91.5 Å². The summed E-state index contributed by atoms with van der Waals surface area (Å²) in [5.41, 5.74) is 5.30.